The maximum atomic E-state index is 11.0. The molecule has 2 aromatic heterocycles. The van der Waals surface area contributed by atoms with Crippen LogP contribution in [0.4, 0.5) is 4.79 Å². The number of aryl methyl sites for hydroxylation is 1. The van der Waals surface area contributed by atoms with E-state index in [1.54, 1.807) is 0 Å². The number of hydrogen-bond acceptors (Lipinski definition) is 5. The van der Waals surface area contributed by atoms with E-state index in [0.29, 0.717) is 24.7 Å². The largest absolute Gasteiger partial charge is 0.447 e. The molecule has 1 atom stereocenters. The van der Waals surface area contributed by atoms with Crippen LogP contribution in [-0.4, -0.2) is 33.9 Å². The summed E-state index contributed by atoms with van der Waals surface area (Å²) < 4.78 is 10.2. The minimum absolute atomic E-state index is 0.0162. The molecule has 0 saturated carbocycles. The van der Waals surface area contributed by atoms with Gasteiger partial charge in [0, 0.05) is 23.5 Å². The highest BCUT2D eigenvalue weighted by Crippen LogP contribution is 2.27. The van der Waals surface area contributed by atoms with Crippen molar-refractivity contribution in [3.63, 3.8) is 0 Å². The number of H-pyrrole nitrogens is 1. The normalized spacial score (nSPS) is 17.6. The van der Waals surface area contributed by atoms with E-state index in [-0.39, 0.29) is 12.1 Å². The van der Waals surface area contributed by atoms with E-state index in [9.17, 15) is 4.79 Å². The van der Waals surface area contributed by atoms with Gasteiger partial charge in [0.15, 0.2) is 5.82 Å². The fourth-order valence-electron chi connectivity index (χ4n) is 2.60. The number of cyclic esters (lactones) is 1. The molecule has 4 rings (SSSR count). The molecule has 22 heavy (non-hydrogen) atoms. The van der Waals surface area contributed by atoms with Crippen LogP contribution >= 0.6 is 0 Å². The van der Waals surface area contributed by atoms with Gasteiger partial charge in [-0.3, -0.25) is 0 Å². The fraction of sp³-hybridized carbons (Fsp3) is 0.267. The lowest BCUT2D eigenvalue weighted by Gasteiger charge is -2.03. The van der Waals surface area contributed by atoms with Crippen LogP contribution in [0.1, 0.15) is 12.2 Å². The Morgan fingerprint density at radius 2 is 2.23 bits per heavy atom. The number of fused-ring (bicyclic) bond motifs is 1. The average Bonchev–Trinajstić information content (AvgIpc) is 3.23. The van der Waals surface area contributed by atoms with Crippen LogP contribution in [-0.2, 0) is 11.2 Å². The van der Waals surface area contributed by atoms with E-state index < -0.39 is 0 Å². The van der Waals surface area contributed by atoms with Crippen molar-refractivity contribution in [2.45, 2.75) is 18.9 Å². The van der Waals surface area contributed by atoms with E-state index in [2.05, 4.69) is 20.4 Å². The van der Waals surface area contributed by atoms with E-state index >= 15 is 0 Å². The Bertz CT molecular complexity index is 823. The Morgan fingerprint density at radius 1 is 1.32 bits per heavy atom. The molecule has 1 aliphatic heterocycles. The highest BCUT2D eigenvalue weighted by atomic mass is 16.6. The van der Waals surface area contributed by atoms with E-state index in [1.807, 2.05) is 30.5 Å². The van der Waals surface area contributed by atoms with Crippen molar-refractivity contribution in [2.24, 2.45) is 0 Å². The zero-order chi connectivity index (χ0) is 14.9. The number of hydrogen-bond donors (Lipinski definition) is 2. The van der Waals surface area contributed by atoms with Gasteiger partial charge in [0.25, 0.3) is 5.89 Å². The summed E-state index contributed by atoms with van der Waals surface area (Å²) in [5.74, 6) is 1.13. The quantitative estimate of drug-likeness (QED) is 0.770. The molecular formula is C15H14N4O3. The van der Waals surface area contributed by atoms with Crippen molar-refractivity contribution in [1.82, 2.24) is 20.4 Å². The van der Waals surface area contributed by atoms with Crippen LogP contribution in [0.5, 0.6) is 0 Å². The van der Waals surface area contributed by atoms with Crippen LogP contribution in [0.2, 0.25) is 0 Å². The molecule has 7 nitrogen and oxygen atoms in total. The van der Waals surface area contributed by atoms with Gasteiger partial charge in [-0.05, 0) is 12.5 Å². The van der Waals surface area contributed by atoms with Gasteiger partial charge in [-0.2, -0.15) is 4.98 Å². The molecule has 0 radical (unpaired) electrons. The van der Waals surface area contributed by atoms with E-state index in [1.165, 1.54) is 0 Å². The van der Waals surface area contributed by atoms with Gasteiger partial charge >= 0.3 is 6.09 Å². The summed E-state index contributed by atoms with van der Waals surface area (Å²) in [4.78, 5) is 18.6. The first-order valence-corrected chi connectivity index (χ1v) is 7.12. The fourth-order valence-corrected chi connectivity index (χ4v) is 2.60. The molecule has 7 heteroatoms. The number of benzene rings is 1. The van der Waals surface area contributed by atoms with Gasteiger partial charge < -0.3 is 19.6 Å². The molecule has 1 aliphatic rings. The number of nitrogens with one attached hydrogen (secondary N) is 2. The lowest BCUT2D eigenvalue weighted by molar-refractivity contribution is 0.176. The first kappa shape index (κ1) is 12.9. The molecule has 1 unspecified atom stereocenters. The molecule has 1 fully saturated rings. The van der Waals surface area contributed by atoms with E-state index in [4.69, 9.17) is 9.26 Å². The third-order valence-corrected chi connectivity index (χ3v) is 3.74. The third kappa shape index (κ3) is 2.30. The first-order chi connectivity index (χ1) is 10.8. The lowest BCUT2D eigenvalue weighted by atomic mass is 10.1. The van der Waals surface area contributed by atoms with Gasteiger partial charge in [-0.1, -0.05) is 23.4 Å². The van der Waals surface area contributed by atoms with Gasteiger partial charge in [0.2, 0.25) is 0 Å². The SMILES string of the molecule is O=C1NC(CCc2noc(-c3c[nH]c4ccccc34)n2)CO1. The molecule has 2 N–H and O–H groups in total. The number of carbonyl (C=O) groups excluding carboxylic acids is 1. The molecule has 3 aromatic rings. The predicted molar refractivity (Wildman–Crippen MR) is 78.2 cm³/mol. The maximum absolute atomic E-state index is 11.0. The van der Waals surface area contributed by atoms with Crippen LogP contribution in [0.3, 0.4) is 0 Å². The Labute approximate surface area is 125 Å². The molecule has 1 amide bonds. The number of aromatic amines is 1. The Hall–Kier alpha value is -2.83. The standard InChI is InChI=1S/C15H14N4O3/c20-15-17-9(8-21-15)5-6-13-18-14(22-19-13)11-7-16-12-4-2-1-3-10(11)12/h1-4,7,9,16H,5-6,8H2,(H,17,20). The highest BCUT2D eigenvalue weighted by molar-refractivity contribution is 5.93. The number of para-hydroxylation sites is 1. The minimum atomic E-state index is -0.363. The van der Waals surface area contributed by atoms with Crippen molar-refractivity contribution in [1.29, 1.82) is 0 Å². The highest BCUT2D eigenvalue weighted by Gasteiger charge is 2.22. The molecule has 0 spiro atoms. The summed E-state index contributed by atoms with van der Waals surface area (Å²) in [6.07, 6.45) is 2.85. The number of carbonyl (C=O) groups is 1. The predicted octanol–water partition coefficient (Wildman–Crippen LogP) is 2.26. The maximum Gasteiger partial charge on any atom is 0.407 e. The number of alkyl carbamates (subject to hydrolysis) is 1. The van der Waals surface area contributed by atoms with Crippen molar-refractivity contribution in [2.75, 3.05) is 6.61 Å². The van der Waals surface area contributed by atoms with Crippen molar-refractivity contribution < 1.29 is 14.1 Å². The topological polar surface area (TPSA) is 93.0 Å². The van der Waals surface area contributed by atoms with Crippen LogP contribution < -0.4 is 5.32 Å². The zero-order valence-electron chi connectivity index (χ0n) is 11.7. The Morgan fingerprint density at radius 3 is 3.09 bits per heavy atom. The number of nitrogens with zero attached hydrogens (tertiary/aromatic N) is 2. The van der Waals surface area contributed by atoms with Crippen molar-refractivity contribution in [3.05, 3.63) is 36.3 Å². The molecule has 0 aliphatic carbocycles. The van der Waals surface area contributed by atoms with E-state index in [0.717, 1.165) is 22.9 Å². The number of ether oxygens (including phenoxy) is 1. The van der Waals surface area contributed by atoms with Gasteiger partial charge in [-0.25, -0.2) is 4.79 Å². The summed E-state index contributed by atoms with van der Waals surface area (Å²) in [6.45, 7) is 0.395. The molecule has 1 saturated heterocycles. The molecule has 1 aromatic carbocycles. The second-order valence-electron chi connectivity index (χ2n) is 5.24. The Balaban J connectivity index is 1.50. The number of amides is 1. The first-order valence-electron chi connectivity index (χ1n) is 7.12. The van der Waals surface area contributed by atoms with Crippen LogP contribution in [0.25, 0.3) is 22.4 Å². The smallest absolute Gasteiger partial charge is 0.407 e. The van der Waals surface area contributed by atoms with Gasteiger partial charge in [0.05, 0.1) is 11.6 Å². The summed E-state index contributed by atoms with van der Waals surface area (Å²) >= 11 is 0. The lowest BCUT2D eigenvalue weighted by Crippen LogP contribution is -2.26. The molecular weight excluding hydrogens is 284 g/mol. The Kier molecular flexibility index (Phi) is 3.03. The van der Waals surface area contributed by atoms with Gasteiger partial charge in [-0.15, -0.1) is 0 Å². The molecule has 112 valence electrons. The summed E-state index contributed by atoms with van der Waals surface area (Å²) in [5.41, 5.74) is 1.93. The zero-order valence-corrected chi connectivity index (χ0v) is 11.7. The summed E-state index contributed by atoms with van der Waals surface area (Å²) in [7, 11) is 0. The second-order valence-corrected chi connectivity index (χ2v) is 5.24. The summed E-state index contributed by atoms with van der Waals surface area (Å²) in [6, 6.07) is 7.97. The third-order valence-electron chi connectivity index (χ3n) is 3.74. The average molecular weight is 298 g/mol. The monoisotopic (exact) mass is 298 g/mol. The van der Waals surface area contributed by atoms with Gasteiger partial charge in [0.1, 0.15) is 6.61 Å². The van der Waals surface area contributed by atoms with Crippen LogP contribution in [0, 0.1) is 0 Å². The molecule has 3 heterocycles. The van der Waals surface area contributed by atoms with Crippen molar-refractivity contribution >= 4 is 17.0 Å². The second kappa shape index (κ2) is 5.18. The van der Waals surface area contributed by atoms with Crippen molar-refractivity contribution in [3.8, 4) is 11.5 Å². The summed E-state index contributed by atoms with van der Waals surface area (Å²) in [5, 5.41) is 7.79. The number of aromatic nitrogens is 3. The number of rotatable bonds is 4. The molecule has 0 bridgehead atoms. The minimum Gasteiger partial charge on any atom is -0.447 e. The van der Waals surface area contributed by atoms with Crippen LogP contribution in [0.15, 0.2) is 35.0 Å².